The summed E-state index contributed by atoms with van der Waals surface area (Å²) in [4.78, 5) is 2.59. The predicted octanol–water partition coefficient (Wildman–Crippen LogP) is 3.27. The van der Waals surface area contributed by atoms with Crippen LogP contribution in [0.5, 0.6) is 0 Å². The lowest BCUT2D eigenvalue weighted by atomic mass is 9.94. The van der Waals surface area contributed by atoms with Gasteiger partial charge in [-0.25, -0.2) is 0 Å². The quantitative estimate of drug-likeness (QED) is 0.831. The molecule has 4 rings (SSSR count). The summed E-state index contributed by atoms with van der Waals surface area (Å²) in [6.07, 6.45) is 8.23. The van der Waals surface area contributed by atoms with Crippen molar-refractivity contribution in [2.75, 3.05) is 32.8 Å². The van der Waals surface area contributed by atoms with Gasteiger partial charge in [0.15, 0.2) is 0 Å². The zero-order valence-corrected chi connectivity index (χ0v) is 15.8. The van der Waals surface area contributed by atoms with Crippen LogP contribution in [0.2, 0.25) is 0 Å². The van der Waals surface area contributed by atoms with Crippen LogP contribution in [-0.4, -0.2) is 49.8 Å². The highest BCUT2D eigenvalue weighted by atomic mass is 16.5. The molecule has 1 aromatic rings. The average molecular weight is 343 g/mol. The van der Waals surface area contributed by atoms with Crippen molar-refractivity contribution in [1.82, 2.24) is 10.2 Å². The third-order valence-corrected chi connectivity index (χ3v) is 6.57. The fourth-order valence-corrected chi connectivity index (χ4v) is 5.34. The number of nitrogens with zero attached hydrogens (tertiary/aromatic N) is 1. The SMILES string of the molecule is C[C@H]1CN(CCCNC2[C@H]3CC[C@H]2Cc2ccccc2C3)CCCO1. The van der Waals surface area contributed by atoms with E-state index in [1.165, 1.54) is 58.2 Å². The Morgan fingerprint density at radius 3 is 2.56 bits per heavy atom. The highest BCUT2D eigenvalue weighted by Crippen LogP contribution is 2.39. The number of nitrogens with one attached hydrogen (secondary N) is 1. The van der Waals surface area contributed by atoms with Gasteiger partial charge in [0.2, 0.25) is 0 Å². The molecule has 1 saturated carbocycles. The van der Waals surface area contributed by atoms with Crippen LogP contribution in [0.25, 0.3) is 0 Å². The second-order valence-corrected chi connectivity index (χ2v) is 8.44. The van der Waals surface area contributed by atoms with E-state index in [4.69, 9.17) is 4.74 Å². The molecule has 0 radical (unpaired) electrons. The van der Waals surface area contributed by atoms with Crippen molar-refractivity contribution in [1.29, 1.82) is 0 Å². The van der Waals surface area contributed by atoms with E-state index >= 15 is 0 Å². The summed E-state index contributed by atoms with van der Waals surface area (Å²) >= 11 is 0. The van der Waals surface area contributed by atoms with E-state index in [9.17, 15) is 0 Å². The monoisotopic (exact) mass is 342 g/mol. The highest BCUT2D eigenvalue weighted by Gasteiger charge is 2.38. The van der Waals surface area contributed by atoms with E-state index < -0.39 is 0 Å². The minimum Gasteiger partial charge on any atom is -0.377 e. The molecule has 1 heterocycles. The van der Waals surface area contributed by atoms with Crippen LogP contribution in [0.4, 0.5) is 0 Å². The zero-order chi connectivity index (χ0) is 17.1. The third kappa shape index (κ3) is 4.27. The molecule has 2 fully saturated rings. The van der Waals surface area contributed by atoms with Crippen molar-refractivity contribution in [3.8, 4) is 0 Å². The zero-order valence-electron chi connectivity index (χ0n) is 15.8. The number of hydrogen-bond donors (Lipinski definition) is 1. The Morgan fingerprint density at radius 1 is 1.12 bits per heavy atom. The van der Waals surface area contributed by atoms with Crippen molar-refractivity contribution in [2.24, 2.45) is 11.8 Å². The molecule has 3 atom stereocenters. The molecule has 138 valence electrons. The van der Waals surface area contributed by atoms with Crippen molar-refractivity contribution in [2.45, 2.75) is 57.6 Å². The lowest BCUT2D eigenvalue weighted by Gasteiger charge is -2.25. The van der Waals surface area contributed by atoms with E-state index in [0.717, 1.165) is 31.0 Å². The number of rotatable bonds is 5. The van der Waals surface area contributed by atoms with Crippen molar-refractivity contribution in [3.63, 3.8) is 0 Å². The van der Waals surface area contributed by atoms with Gasteiger partial charge >= 0.3 is 0 Å². The lowest BCUT2D eigenvalue weighted by Crippen LogP contribution is -2.40. The Hall–Kier alpha value is -0.900. The standard InChI is InChI=1S/C22H34N2O/c1-17-16-24(12-5-13-25-17)11-4-10-23-22-20-8-9-21(22)15-19-7-3-2-6-18(19)14-20/h2-3,6-7,17,20-23H,4-5,8-16H2,1H3/t17-,20-,21-/m0/s1. The van der Waals surface area contributed by atoms with E-state index in [1.807, 2.05) is 0 Å². The molecule has 1 N–H and O–H groups in total. The van der Waals surface area contributed by atoms with Crippen molar-refractivity contribution >= 4 is 0 Å². The highest BCUT2D eigenvalue weighted by molar-refractivity contribution is 5.30. The van der Waals surface area contributed by atoms with E-state index in [1.54, 1.807) is 11.1 Å². The van der Waals surface area contributed by atoms with E-state index in [0.29, 0.717) is 6.10 Å². The molecule has 25 heavy (non-hydrogen) atoms. The normalized spacial score (nSPS) is 32.8. The van der Waals surface area contributed by atoms with Crippen LogP contribution >= 0.6 is 0 Å². The molecule has 0 aromatic heterocycles. The van der Waals surface area contributed by atoms with Gasteiger partial charge in [-0.2, -0.15) is 0 Å². The molecule has 1 aliphatic heterocycles. The Morgan fingerprint density at radius 2 is 1.84 bits per heavy atom. The summed E-state index contributed by atoms with van der Waals surface area (Å²) in [6, 6.07) is 9.88. The largest absolute Gasteiger partial charge is 0.377 e. The fraction of sp³-hybridized carbons (Fsp3) is 0.727. The van der Waals surface area contributed by atoms with Gasteiger partial charge in [-0.05, 0) is 81.5 Å². The molecule has 0 spiro atoms. The van der Waals surface area contributed by atoms with Gasteiger partial charge in [0.1, 0.15) is 0 Å². The summed E-state index contributed by atoms with van der Waals surface area (Å²) in [5.74, 6) is 1.69. The van der Waals surface area contributed by atoms with Crippen LogP contribution in [0, 0.1) is 11.8 Å². The van der Waals surface area contributed by atoms with Gasteiger partial charge in [-0.1, -0.05) is 24.3 Å². The van der Waals surface area contributed by atoms with Crippen molar-refractivity contribution in [3.05, 3.63) is 35.4 Å². The Kier molecular flexibility index (Phi) is 5.74. The van der Waals surface area contributed by atoms with Crippen LogP contribution in [0.1, 0.15) is 43.7 Å². The number of benzene rings is 1. The molecule has 1 aromatic carbocycles. The number of ether oxygens (including phenoxy) is 1. The van der Waals surface area contributed by atoms with Crippen LogP contribution in [0.15, 0.2) is 24.3 Å². The van der Waals surface area contributed by atoms with Gasteiger partial charge in [0.25, 0.3) is 0 Å². The molecule has 2 aliphatic carbocycles. The van der Waals surface area contributed by atoms with Gasteiger partial charge < -0.3 is 15.0 Å². The average Bonchev–Trinajstić information content (AvgIpc) is 2.76. The molecule has 1 saturated heterocycles. The Bertz CT molecular complexity index is 528. The Labute approximate surface area is 153 Å². The maximum atomic E-state index is 5.76. The van der Waals surface area contributed by atoms with Crippen LogP contribution in [-0.2, 0) is 17.6 Å². The molecule has 3 nitrogen and oxygen atoms in total. The predicted molar refractivity (Wildman–Crippen MR) is 103 cm³/mol. The smallest absolute Gasteiger partial charge is 0.0673 e. The van der Waals surface area contributed by atoms with Gasteiger partial charge in [0.05, 0.1) is 6.10 Å². The maximum absolute atomic E-state index is 5.76. The fourth-order valence-electron chi connectivity index (χ4n) is 5.34. The molecule has 3 heteroatoms. The van der Waals surface area contributed by atoms with E-state index in [2.05, 4.69) is 41.4 Å². The van der Waals surface area contributed by atoms with Gasteiger partial charge in [-0.15, -0.1) is 0 Å². The van der Waals surface area contributed by atoms with Gasteiger partial charge in [-0.3, -0.25) is 0 Å². The number of hydrogen-bond acceptors (Lipinski definition) is 3. The summed E-state index contributed by atoms with van der Waals surface area (Å²) in [7, 11) is 0. The van der Waals surface area contributed by atoms with Crippen molar-refractivity contribution < 1.29 is 4.74 Å². The first-order valence-electron chi connectivity index (χ1n) is 10.4. The second kappa shape index (κ2) is 8.20. The molecular formula is C22H34N2O. The first-order chi connectivity index (χ1) is 12.3. The Balaban J connectivity index is 1.26. The summed E-state index contributed by atoms with van der Waals surface area (Å²) in [5.41, 5.74) is 3.22. The topological polar surface area (TPSA) is 24.5 Å². The molecule has 0 unspecified atom stereocenters. The molecular weight excluding hydrogens is 308 g/mol. The van der Waals surface area contributed by atoms with Crippen LogP contribution < -0.4 is 5.32 Å². The second-order valence-electron chi connectivity index (χ2n) is 8.44. The summed E-state index contributed by atoms with van der Waals surface area (Å²) in [5, 5.41) is 3.97. The maximum Gasteiger partial charge on any atom is 0.0673 e. The molecule has 2 bridgehead atoms. The first kappa shape index (κ1) is 17.5. The molecule has 3 aliphatic rings. The van der Waals surface area contributed by atoms with E-state index in [-0.39, 0.29) is 0 Å². The third-order valence-electron chi connectivity index (χ3n) is 6.57. The first-order valence-corrected chi connectivity index (χ1v) is 10.4. The minimum atomic E-state index is 0.395. The number of fused-ring (bicyclic) bond motifs is 3. The lowest BCUT2D eigenvalue weighted by molar-refractivity contribution is 0.0676. The molecule has 0 amide bonds. The summed E-state index contributed by atoms with van der Waals surface area (Å²) in [6.45, 7) is 7.82. The van der Waals surface area contributed by atoms with Gasteiger partial charge in [0, 0.05) is 25.7 Å². The van der Waals surface area contributed by atoms with Crippen LogP contribution in [0.3, 0.4) is 0 Å². The summed E-state index contributed by atoms with van der Waals surface area (Å²) < 4.78 is 5.76. The minimum absolute atomic E-state index is 0.395.